The first-order valence-corrected chi connectivity index (χ1v) is 7.43. The first-order valence-electron chi connectivity index (χ1n) is 7.43. The second kappa shape index (κ2) is 6.28. The molecule has 23 heavy (non-hydrogen) atoms. The number of nitrogens with zero attached hydrogens (tertiary/aromatic N) is 1. The van der Waals surface area contributed by atoms with Crippen LogP contribution in [0, 0.1) is 0 Å². The van der Waals surface area contributed by atoms with E-state index in [4.69, 9.17) is 4.74 Å². The number of carbonyl (C=O) groups is 2. The molecule has 0 bridgehead atoms. The molecular formula is C18H21NO4. The molecular weight excluding hydrogens is 294 g/mol. The van der Waals surface area contributed by atoms with Gasteiger partial charge < -0.3 is 9.84 Å². The van der Waals surface area contributed by atoms with Crippen molar-refractivity contribution >= 4 is 28.5 Å². The smallest absolute Gasteiger partial charge is 0.415 e. The summed E-state index contributed by atoms with van der Waals surface area (Å²) in [5.74, 6) is -1.09. The molecule has 0 fully saturated rings. The number of fused-ring (bicyclic) bond motifs is 1. The number of hydrogen-bond acceptors (Lipinski definition) is 3. The van der Waals surface area contributed by atoms with Crippen LogP contribution >= 0.6 is 0 Å². The van der Waals surface area contributed by atoms with E-state index >= 15 is 0 Å². The average molecular weight is 315 g/mol. The molecule has 0 radical (unpaired) electrons. The lowest BCUT2D eigenvalue weighted by atomic mass is 10.1. The van der Waals surface area contributed by atoms with Crippen LogP contribution in [0.15, 0.2) is 42.5 Å². The van der Waals surface area contributed by atoms with E-state index in [-0.39, 0.29) is 0 Å². The van der Waals surface area contributed by atoms with Crippen LogP contribution in [-0.4, -0.2) is 28.8 Å². The number of rotatable bonds is 3. The van der Waals surface area contributed by atoms with Crippen molar-refractivity contribution in [3.05, 3.63) is 42.5 Å². The van der Waals surface area contributed by atoms with Gasteiger partial charge in [-0.15, -0.1) is 0 Å². The van der Waals surface area contributed by atoms with Gasteiger partial charge in [0, 0.05) is 5.39 Å². The lowest BCUT2D eigenvalue weighted by molar-refractivity contribution is -0.138. The van der Waals surface area contributed by atoms with Crippen LogP contribution in [0.2, 0.25) is 0 Å². The molecule has 5 heteroatoms. The first-order chi connectivity index (χ1) is 10.7. The molecule has 0 unspecified atom stereocenters. The Labute approximate surface area is 135 Å². The van der Waals surface area contributed by atoms with Crippen molar-refractivity contribution in [2.24, 2.45) is 0 Å². The van der Waals surface area contributed by atoms with Gasteiger partial charge in [-0.05, 0) is 39.1 Å². The number of benzene rings is 2. The van der Waals surface area contributed by atoms with Crippen molar-refractivity contribution in [1.29, 1.82) is 0 Å². The molecule has 2 rings (SSSR count). The summed E-state index contributed by atoms with van der Waals surface area (Å²) in [4.78, 5) is 25.3. The number of carboxylic acids is 1. The third-order valence-corrected chi connectivity index (χ3v) is 3.36. The van der Waals surface area contributed by atoms with E-state index in [1.54, 1.807) is 32.9 Å². The van der Waals surface area contributed by atoms with Gasteiger partial charge in [-0.2, -0.15) is 0 Å². The molecule has 0 aliphatic carbocycles. The van der Waals surface area contributed by atoms with E-state index in [1.165, 1.54) is 11.8 Å². The molecule has 122 valence electrons. The van der Waals surface area contributed by atoms with E-state index in [0.717, 1.165) is 10.8 Å². The molecule has 0 aliphatic heterocycles. The number of aliphatic carboxylic acids is 1. The Hall–Kier alpha value is -2.56. The van der Waals surface area contributed by atoms with E-state index in [0.29, 0.717) is 5.69 Å². The summed E-state index contributed by atoms with van der Waals surface area (Å²) in [7, 11) is 0. The molecule has 0 spiro atoms. The van der Waals surface area contributed by atoms with Gasteiger partial charge in [0.2, 0.25) is 0 Å². The van der Waals surface area contributed by atoms with E-state index in [9.17, 15) is 14.7 Å². The Morgan fingerprint density at radius 3 is 2.30 bits per heavy atom. The predicted molar refractivity (Wildman–Crippen MR) is 89.8 cm³/mol. The van der Waals surface area contributed by atoms with Crippen molar-refractivity contribution in [3.8, 4) is 0 Å². The Balaban J connectivity index is 2.56. The summed E-state index contributed by atoms with van der Waals surface area (Å²) in [5.41, 5.74) is -0.190. The molecule has 0 aliphatic rings. The second-order valence-electron chi connectivity index (χ2n) is 6.36. The van der Waals surface area contributed by atoms with Crippen LogP contribution in [0.1, 0.15) is 27.7 Å². The summed E-state index contributed by atoms with van der Waals surface area (Å²) in [6, 6.07) is 11.9. The topological polar surface area (TPSA) is 66.8 Å². The molecule has 2 aromatic carbocycles. The Morgan fingerprint density at radius 1 is 1.09 bits per heavy atom. The molecule has 0 aromatic heterocycles. The largest absolute Gasteiger partial charge is 0.480 e. The highest BCUT2D eigenvalue weighted by Crippen LogP contribution is 2.29. The zero-order chi connectivity index (χ0) is 17.2. The lowest BCUT2D eigenvalue weighted by Crippen LogP contribution is -2.46. The fraction of sp³-hybridized carbons (Fsp3) is 0.333. The molecule has 0 saturated carbocycles. The molecule has 1 amide bonds. The number of carbonyl (C=O) groups excluding carboxylic acids is 1. The zero-order valence-electron chi connectivity index (χ0n) is 13.7. The number of ether oxygens (including phenoxy) is 1. The monoisotopic (exact) mass is 315 g/mol. The highest BCUT2D eigenvalue weighted by molar-refractivity contribution is 6.04. The molecule has 0 saturated heterocycles. The number of carboxylic acid groups (broad SMARTS) is 1. The van der Waals surface area contributed by atoms with E-state index in [1.807, 2.05) is 30.3 Å². The van der Waals surface area contributed by atoms with Crippen molar-refractivity contribution in [2.45, 2.75) is 39.3 Å². The SMILES string of the molecule is C[C@@H](C(=O)O)N(C(=O)OC(C)(C)C)c1cccc2ccccc12. The van der Waals surface area contributed by atoms with Crippen LogP contribution in [-0.2, 0) is 9.53 Å². The molecule has 5 nitrogen and oxygen atoms in total. The predicted octanol–water partition coefficient (Wildman–Crippen LogP) is 4.05. The van der Waals surface area contributed by atoms with Gasteiger partial charge in [-0.3, -0.25) is 4.90 Å². The summed E-state index contributed by atoms with van der Waals surface area (Å²) in [5, 5.41) is 11.1. The van der Waals surface area contributed by atoms with E-state index in [2.05, 4.69) is 0 Å². The van der Waals surface area contributed by atoms with E-state index < -0.39 is 23.7 Å². The van der Waals surface area contributed by atoms with Gasteiger partial charge in [0.05, 0.1) is 5.69 Å². The molecule has 1 N–H and O–H groups in total. The fourth-order valence-electron chi connectivity index (χ4n) is 2.31. The van der Waals surface area contributed by atoms with Crippen molar-refractivity contribution in [1.82, 2.24) is 0 Å². The zero-order valence-corrected chi connectivity index (χ0v) is 13.7. The maximum Gasteiger partial charge on any atom is 0.415 e. The third kappa shape index (κ3) is 3.80. The van der Waals surface area contributed by atoms with Crippen molar-refractivity contribution in [2.75, 3.05) is 4.90 Å². The standard InChI is InChI=1S/C18H21NO4/c1-12(16(20)21)19(17(22)23-18(2,3)4)15-11-7-9-13-8-5-6-10-14(13)15/h5-12H,1-4H3,(H,20,21)/t12-/m0/s1. The summed E-state index contributed by atoms with van der Waals surface area (Å²) < 4.78 is 5.40. The molecule has 1 atom stereocenters. The highest BCUT2D eigenvalue weighted by Gasteiger charge is 2.32. The normalized spacial score (nSPS) is 12.7. The van der Waals surface area contributed by atoms with Crippen LogP contribution in [0.4, 0.5) is 10.5 Å². The quantitative estimate of drug-likeness (QED) is 0.927. The summed E-state index contributed by atoms with van der Waals surface area (Å²) in [6.45, 7) is 6.71. The number of amides is 1. The van der Waals surface area contributed by atoms with Gasteiger partial charge in [-0.25, -0.2) is 9.59 Å². The first kappa shape index (κ1) is 16.8. The van der Waals surface area contributed by atoms with Crippen LogP contribution in [0.3, 0.4) is 0 Å². The summed E-state index contributed by atoms with van der Waals surface area (Å²) in [6.07, 6.45) is -0.677. The third-order valence-electron chi connectivity index (χ3n) is 3.36. The minimum absolute atomic E-state index is 0.521. The molecule has 0 heterocycles. The number of hydrogen-bond donors (Lipinski definition) is 1. The fourth-order valence-corrected chi connectivity index (χ4v) is 2.31. The van der Waals surface area contributed by atoms with Crippen molar-refractivity contribution in [3.63, 3.8) is 0 Å². The second-order valence-corrected chi connectivity index (χ2v) is 6.36. The van der Waals surface area contributed by atoms with Crippen LogP contribution in [0.25, 0.3) is 10.8 Å². The lowest BCUT2D eigenvalue weighted by Gasteiger charge is -2.30. The van der Waals surface area contributed by atoms with Gasteiger partial charge >= 0.3 is 12.1 Å². The maximum absolute atomic E-state index is 12.6. The van der Waals surface area contributed by atoms with Crippen LogP contribution in [0.5, 0.6) is 0 Å². The van der Waals surface area contributed by atoms with Crippen LogP contribution < -0.4 is 4.90 Å². The van der Waals surface area contributed by atoms with Crippen molar-refractivity contribution < 1.29 is 19.4 Å². The maximum atomic E-state index is 12.6. The Morgan fingerprint density at radius 2 is 1.70 bits per heavy atom. The highest BCUT2D eigenvalue weighted by atomic mass is 16.6. The van der Waals surface area contributed by atoms with Gasteiger partial charge in [0.15, 0.2) is 0 Å². The van der Waals surface area contributed by atoms with Gasteiger partial charge in [-0.1, -0.05) is 36.4 Å². The molecule has 2 aromatic rings. The minimum Gasteiger partial charge on any atom is -0.480 e. The minimum atomic E-state index is -1.09. The number of anilines is 1. The van der Waals surface area contributed by atoms with Gasteiger partial charge in [0.1, 0.15) is 11.6 Å². The Bertz CT molecular complexity index is 728. The average Bonchev–Trinajstić information content (AvgIpc) is 2.45. The Kier molecular flexibility index (Phi) is 4.59. The van der Waals surface area contributed by atoms with Gasteiger partial charge in [0.25, 0.3) is 0 Å². The summed E-state index contributed by atoms with van der Waals surface area (Å²) >= 11 is 0.